The van der Waals surface area contributed by atoms with E-state index in [1.165, 1.54) is 12.3 Å². The molecule has 0 aliphatic rings. The van der Waals surface area contributed by atoms with E-state index in [4.69, 9.17) is 9.15 Å². The predicted octanol–water partition coefficient (Wildman–Crippen LogP) is 3.77. The number of esters is 1. The average molecular weight is 380 g/mol. The van der Waals surface area contributed by atoms with Crippen molar-refractivity contribution in [2.45, 2.75) is 26.3 Å². The summed E-state index contributed by atoms with van der Waals surface area (Å²) < 4.78 is 11.0. The zero-order valence-electron chi connectivity index (χ0n) is 13.0. The predicted molar refractivity (Wildman–Crippen MR) is 89.0 cm³/mol. The monoisotopic (exact) mass is 379 g/mol. The lowest BCUT2D eigenvalue weighted by atomic mass is 10.0. The molecule has 0 fully saturated rings. The molecule has 122 valence electrons. The molecule has 2 rings (SSSR count). The Morgan fingerprint density at radius 1 is 1.26 bits per heavy atom. The highest BCUT2D eigenvalue weighted by Crippen LogP contribution is 2.19. The summed E-state index contributed by atoms with van der Waals surface area (Å²) >= 11 is 3.38. The van der Waals surface area contributed by atoms with Gasteiger partial charge in [-0.05, 0) is 37.1 Å². The van der Waals surface area contributed by atoms with Crippen LogP contribution in [-0.4, -0.2) is 18.5 Å². The number of carbonyl (C=O) groups is 2. The van der Waals surface area contributed by atoms with E-state index in [0.29, 0.717) is 11.3 Å². The molecule has 1 amide bonds. The molecule has 23 heavy (non-hydrogen) atoms. The van der Waals surface area contributed by atoms with Gasteiger partial charge in [-0.3, -0.25) is 4.79 Å². The van der Waals surface area contributed by atoms with Crippen LogP contribution in [0.2, 0.25) is 0 Å². The van der Waals surface area contributed by atoms with Crippen LogP contribution in [0.5, 0.6) is 0 Å². The minimum Gasteiger partial charge on any atom is -0.469 e. The van der Waals surface area contributed by atoms with Crippen LogP contribution < -0.4 is 5.32 Å². The van der Waals surface area contributed by atoms with Crippen LogP contribution in [0, 0.1) is 6.92 Å². The maximum Gasteiger partial charge on any atom is 0.342 e. The number of hydrogen-bond acceptors (Lipinski definition) is 4. The van der Waals surface area contributed by atoms with Crippen molar-refractivity contribution in [2.24, 2.45) is 0 Å². The molecule has 0 bridgehead atoms. The Morgan fingerprint density at radius 3 is 2.52 bits per heavy atom. The average Bonchev–Trinajstić information content (AvgIpc) is 2.97. The van der Waals surface area contributed by atoms with Gasteiger partial charge in [0.15, 0.2) is 6.61 Å². The second kappa shape index (κ2) is 7.97. The molecule has 5 nitrogen and oxygen atoms in total. The number of aryl methyl sites for hydroxylation is 1. The number of benzene rings is 1. The Hall–Kier alpha value is -2.08. The normalized spacial score (nSPS) is 11.8. The first-order valence-electron chi connectivity index (χ1n) is 7.27. The van der Waals surface area contributed by atoms with E-state index >= 15 is 0 Å². The molecule has 2 aromatic rings. The van der Waals surface area contributed by atoms with Crippen molar-refractivity contribution >= 4 is 27.8 Å². The topological polar surface area (TPSA) is 68.5 Å². The van der Waals surface area contributed by atoms with Crippen molar-refractivity contribution in [1.82, 2.24) is 5.32 Å². The van der Waals surface area contributed by atoms with Crippen molar-refractivity contribution in [2.75, 3.05) is 6.61 Å². The third-order valence-electron chi connectivity index (χ3n) is 3.43. The molecule has 1 atom stereocenters. The zero-order chi connectivity index (χ0) is 16.8. The minimum atomic E-state index is -0.567. The molecule has 6 heteroatoms. The van der Waals surface area contributed by atoms with Crippen LogP contribution in [0.25, 0.3) is 0 Å². The molecule has 0 aliphatic heterocycles. The molecule has 0 aliphatic carbocycles. The standard InChI is InChI=1S/C17H18BrNO4/c1-3-15(12-4-6-13(18)7-5-12)19-16(20)10-23-17(21)14-8-9-22-11(14)2/h4-9,15H,3,10H2,1-2H3,(H,19,20)/t15-/m1/s1. The Kier molecular flexibility index (Phi) is 5.98. The molecule has 1 aromatic carbocycles. The summed E-state index contributed by atoms with van der Waals surface area (Å²) in [7, 11) is 0. The summed E-state index contributed by atoms with van der Waals surface area (Å²) in [4.78, 5) is 23.8. The molecule has 1 N–H and O–H groups in total. The summed E-state index contributed by atoms with van der Waals surface area (Å²) in [5.74, 6) is -0.436. The van der Waals surface area contributed by atoms with Gasteiger partial charge in [0.25, 0.3) is 5.91 Å². The highest BCUT2D eigenvalue weighted by Gasteiger charge is 2.17. The largest absolute Gasteiger partial charge is 0.469 e. The quantitative estimate of drug-likeness (QED) is 0.775. The highest BCUT2D eigenvalue weighted by molar-refractivity contribution is 9.10. The van der Waals surface area contributed by atoms with Crippen molar-refractivity contribution in [3.05, 3.63) is 58.0 Å². The van der Waals surface area contributed by atoms with Crippen molar-refractivity contribution in [3.8, 4) is 0 Å². The third kappa shape index (κ3) is 4.69. The molecule has 0 radical (unpaired) electrons. The molecule has 0 unspecified atom stereocenters. The number of amides is 1. The summed E-state index contributed by atoms with van der Waals surface area (Å²) in [5.41, 5.74) is 1.33. The fourth-order valence-electron chi connectivity index (χ4n) is 2.16. The van der Waals surface area contributed by atoms with E-state index in [1.54, 1.807) is 6.92 Å². The minimum absolute atomic E-state index is 0.120. The van der Waals surface area contributed by atoms with Crippen LogP contribution in [-0.2, 0) is 9.53 Å². The SMILES string of the molecule is CC[C@@H](NC(=O)COC(=O)c1ccoc1C)c1ccc(Br)cc1. The van der Waals surface area contributed by atoms with E-state index < -0.39 is 5.97 Å². The lowest BCUT2D eigenvalue weighted by Crippen LogP contribution is -2.32. The second-order valence-corrected chi connectivity index (χ2v) is 5.96. The van der Waals surface area contributed by atoms with Crippen LogP contribution in [0.1, 0.15) is 41.1 Å². The molecular formula is C17H18BrNO4. The molecule has 0 saturated carbocycles. The fraction of sp³-hybridized carbons (Fsp3) is 0.294. The van der Waals surface area contributed by atoms with Gasteiger partial charge in [0.1, 0.15) is 11.3 Å². The van der Waals surface area contributed by atoms with Gasteiger partial charge in [-0.1, -0.05) is 35.0 Å². The number of furan rings is 1. The Labute approximate surface area is 143 Å². The first kappa shape index (κ1) is 17.3. The van der Waals surface area contributed by atoms with E-state index in [-0.39, 0.29) is 18.6 Å². The molecular weight excluding hydrogens is 362 g/mol. The van der Waals surface area contributed by atoms with Gasteiger partial charge in [0, 0.05) is 4.47 Å². The smallest absolute Gasteiger partial charge is 0.342 e. The third-order valence-corrected chi connectivity index (χ3v) is 3.96. The number of halogens is 1. The van der Waals surface area contributed by atoms with Crippen LogP contribution in [0.4, 0.5) is 0 Å². The van der Waals surface area contributed by atoms with Gasteiger partial charge in [-0.25, -0.2) is 4.79 Å². The van der Waals surface area contributed by atoms with Gasteiger partial charge in [0.05, 0.1) is 12.3 Å². The highest BCUT2D eigenvalue weighted by atomic mass is 79.9. The molecule has 0 saturated heterocycles. The Bertz CT molecular complexity index is 678. The summed E-state index contributed by atoms with van der Waals surface area (Å²) in [5, 5.41) is 2.86. The van der Waals surface area contributed by atoms with E-state index in [2.05, 4.69) is 21.2 Å². The van der Waals surface area contributed by atoms with Gasteiger partial charge in [-0.2, -0.15) is 0 Å². The molecule has 1 aromatic heterocycles. The van der Waals surface area contributed by atoms with Crippen molar-refractivity contribution in [1.29, 1.82) is 0 Å². The maximum absolute atomic E-state index is 12.0. The molecule has 0 spiro atoms. The van der Waals surface area contributed by atoms with Crippen molar-refractivity contribution < 1.29 is 18.7 Å². The lowest BCUT2D eigenvalue weighted by molar-refractivity contribution is -0.125. The van der Waals surface area contributed by atoms with Gasteiger partial charge < -0.3 is 14.5 Å². The zero-order valence-corrected chi connectivity index (χ0v) is 14.6. The van der Waals surface area contributed by atoms with Gasteiger partial charge in [-0.15, -0.1) is 0 Å². The van der Waals surface area contributed by atoms with E-state index in [0.717, 1.165) is 16.5 Å². The maximum atomic E-state index is 12.0. The summed E-state index contributed by atoms with van der Waals surface area (Å²) in [6.07, 6.45) is 2.15. The number of hydrogen-bond donors (Lipinski definition) is 1. The number of carbonyl (C=O) groups excluding carboxylic acids is 2. The lowest BCUT2D eigenvalue weighted by Gasteiger charge is -2.17. The summed E-state index contributed by atoms with van der Waals surface area (Å²) in [6.45, 7) is 3.32. The number of rotatable bonds is 6. The van der Waals surface area contributed by atoms with Crippen LogP contribution in [0.3, 0.4) is 0 Å². The first-order valence-corrected chi connectivity index (χ1v) is 8.06. The Morgan fingerprint density at radius 2 is 1.96 bits per heavy atom. The van der Waals surface area contributed by atoms with E-state index in [1.807, 2.05) is 31.2 Å². The van der Waals surface area contributed by atoms with E-state index in [9.17, 15) is 9.59 Å². The summed E-state index contributed by atoms with van der Waals surface area (Å²) in [6, 6.07) is 9.13. The Balaban J connectivity index is 1.89. The molecule has 1 heterocycles. The van der Waals surface area contributed by atoms with Gasteiger partial charge >= 0.3 is 5.97 Å². The van der Waals surface area contributed by atoms with Crippen molar-refractivity contribution in [3.63, 3.8) is 0 Å². The van der Waals surface area contributed by atoms with Gasteiger partial charge in [0.2, 0.25) is 0 Å². The number of nitrogens with one attached hydrogen (secondary N) is 1. The first-order chi connectivity index (χ1) is 11.0. The van der Waals surface area contributed by atoms with Crippen LogP contribution >= 0.6 is 15.9 Å². The second-order valence-electron chi connectivity index (χ2n) is 5.05. The fourth-order valence-corrected chi connectivity index (χ4v) is 2.42. The number of ether oxygens (including phenoxy) is 1. The van der Waals surface area contributed by atoms with Crippen LogP contribution in [0.15, 0.2) is 45.5 Å².